The maximum absolute atomic E-state index is 10.2. The Kier molecular flexibility index (Phi) is 5.99. The molecule has 4 N–H and O–H groups in total. The first kappa shape index (κ1) is 18.9. The Morgan fingerprint density at radius 2 is 2.12 bits per heavy atom. The van der Waals surface area contributed by atoms with E-state index >= 15 is 0 Å². The summed E-state index contributed by atoms with van der Waals surface area (Å²) in [5.41, 5.74) is 1.01. The van der Waals surface area contributed by atoms with Crippen molar-refractivity contribution in [2.24, 2.45) is 0 Å². The number of imidazole rings is 1. The molecule has 0 saturated carbocycles. The van der Waals surface area contributed by atoms with Gasteiger partial charge in [-0.1, -0.05) is 6.92 Å². The Morgan fingerprint density at radius 1 is 1.31 bits per heavy atom. The number of hydrogen-bond donors (Lipinski definition) is 4. The Balaban J connectivity index is 1.87. The number of nitrogens with zero attached hydrogens (tertiary/aromatic N) is 4. The van der Waals surface area contributed by atoms with E-state index in [0.717, 1.165) is 12.8 Å². The van der Waals surface area contributed by atoms with E-state index in [1.165, 1.54) is 12.7 Å². The fourth-order valence-electron chi connectivity index (χ4n) is 3.09. The predicted octanol–water partition coefficient (Wildman–Crippen LogP) is -0.335. The van der Waals surface area contributed by atoms with Crippen LogP contribution < -0.4 is 5.32 Å². The molecule has 0 spiro atoms. The van der Waals surface area contributed by atoms with E-state index < -0.39 is 24.5 Å². The van der Waals surface area contributed by atoms with E-state index in [1.54, 1.807) is 11.7 Å². The molecule has 10 nitrogen and oxygen atoms in total. The van der Waals surface area contributed by atoms with Crippen LogP contribution in [-0.4, -0.2) is 79.5 Å². The van der Waals surface area contributed by atoms with Crippen molar-refractivity contribution in [3.8, 4) is 0 Å². The van der Waals surface area contributed by atoms with Crippen LogP contribution in [0.1, 0.15) is 26.0 Å². The summed E-state index contributed by atoms with van der Waals surface area (Å²) in [6, 6.07) is 0.173. The Morgan fingerprint density at radius 3 is 2.77 bits per heavy atom. The van der Waals surface area contributed by atoms with Crippen LogP contribution in [0.5, 0.6) is 0 Å². The van der Waals surface area contributed by atoms with Gasteiger partial charge >= 0.3 is 0 Å². The summed E-state index contributed by atoms with van der Waals surface area (Å²) in [5.74, 6) is 0.587. The zero-order valence-corrected chi connectivity index (χ0v) is 14.8. The average molecular weight is 367 g/mol. The van der Waals surface area contributed by atoms with Gasteiger partial charge in [-0.2, -0.15) is 0 Å². The summed E-state index contributed by atoms with van der Waals surface area (Å²) in [6.07, 6.45) is 0.504. The molecule has 1 fully saturated rings. The minimum absolute atomic E-state index is 0.173. The maximum Gasteiger partial charge on any atom is 0.167 e. The molecule has 1 unspecified atom stereocenters. The van der Waals surface area contributed by atoms with Crippen LogP contribution in [0.3, 0.4) is 0 Å². The highest BCUT2D eigenvalue weighted by molar-refractivity contribution is 5.82. The molecular weight excluding hydrogens is 342 g/mol. The van der Waals surface area contributed by atoms with Crippen LogP contribution in [-0.2, 0) is 9.47 Å². The zero-order valence-electron chi connectivity index (χ0n) is 14.8. The quantitative estimate of drug-likeness (QED) is 0.494. The Labute approximate surface area is 150 Å². The SMILES string of the molecule is CCC(CCOC)Nc1ncnc2c1ncn2[C@@H]1O[C@H](CO)[C@@H](O)[C@H]1O. The molecular formula is C16H25N5O5. The normalized spacial score (nSPS) is 27.1. The highest BCUT2D eigenvalue weighted by Crippen LogP contribution is 2.32. The molecule has 0 bridgehead atoms. The second kappa shape index (κ2) is 8.23. The van der Waals surface area contributed by atoms with E-state index in [9.17, 15) is 15.3 Å². The molecule has 0 radical (unpaired) electrons. The Bertz CT molecular complexity index is 726. The number of nitrogens with one attached hydrogen (secondary N) is 1. The van der Waals surface area contributed by atoms with Crippen molar-refractivity contribution in [3.63, 3.8) is 0 Å². The van der Waals surface area contributed by atoms with Crippen LogP contribution in [0, 0.1) is 0 Å². The minimum Gasteiger partial charge on any atom is -0.394 e. The van der Waals surface area contributed by atoms with E-state index in [-0.39, 0.29) is 12.6 Å². The number of aromatic nitrogens is 4. The summed E-state index contributed by atoms with van der Waals surface area (Å²) in [4.78, 5) is 12.9. The Hall–Kier alpha value is -1.85. The summed E-state index contributed by atoms with van der Waals surface area (Å²) in [5, 5.41) is 32.8. The largest absolute Gasteiger partial charge is 0.394 e. The van der Waals surface area contributed by atoms with Crippen molar-refractivity contribution in [1.29, 1.82) is 0 Å². The lowest BCUT2D eigenvalue weighted by molar-refractivity contribution is -0.0511. The van der Waals surface area contributed by atoms with Crippen molar-refractivity contribution in [2.45, 2.75) is 50.3 Å². The lowest BCUT2D eigenvalue weighted by Gasteiger charge is -2.18. The van der Waals surface area contributed by atoms with E-state index in [1.807, 2.05) is 0 Å². The number of aliphatic hydroxyl groups excluding tert-OH is 3. The van der Waals surface area contributed by atoms with Gasteiger partial charge in [-0.3, -0.25) is 4.57 Å². The number of ether oxygens (including phenoxy) is 2. The minimum atomic E-state index is -1.19. The van der Waals surface area contributed by atoms with Gasteiger partial charge in [0.05, 0.1) is 12.9 Å². The summed E-state index contributed by atoms with van der Waals surface area (Å²) in [7, 11) is 1.66. The lowest BCUT2D eigenvalue weighted by Crippen LogP contribution is -2.33. The highest BCUT2D eigenvalue weighted by Gasteiger charge is 2.44. The molecule has 2 aromatic heterocycles. The van der Waals surface area contributed by atoms with Gasteiger partial charge in [-0.05, 0) is 12.8 Å². The van der Waals surface area contributed by atoms with Crippen molar-refractivity contribution >= 4 is 17.0 Å². The third-order valence-corrected chi connectivity index (χ3v) is 4.65. The molecule has 5 atom stereocenters. The monoisotopic (exact) mass is 367 g/mol. The fourth-order valence-corrected chi connectivity index (χ4v) is 3.09. The van der Waals surface area contributed by atoms with Crippen LogP contribution in [0.15, 0.2) is 12.7 Å². The summed E-state index contributed by atoms with van der Waals surface area (Å²) in [6.45, 7) is 2.32. The first-order chi connectivity index (χ1) is 12.6. The summed E-state index contributed by atoms with van der Waals surface area (Å²) < 4.78 is 12.2. The topological polar surface area (TPSA) is 135 Å². The zero-order chi connectivity index (χ0) is 18.7. The molecule has 0 aromatic carbocycles. The third-order valence-electron chi connectivity index (χ3n) is 4.65. The molecule has 3 rings (SSSR count). The molecule has 1 saturated heterocycles. The molecule has 0 amide bonds. The smallest absolute Gasteiger partial charge is 0.167 e. The number of fused-ring (bicyclic) bond motifs is 1. The van der Waals surface area contributed by atoms with Crippen molar-refractivity contribution in [3.05, 3.63) is 12.7 Å². The van der Waals surface area contributed by atoms with E-state index in [4.69, 9.17) is 9.47 Å². The summed E-state index contributed by atoms with van der Waals surface area (Å²) >= 11 is 0. The number of anilines is 1. The van der Waals surface area contributed by atoms with Crippen molar-refractivity contribution in [1.82, 2.24) is 19.5 Å². The maximum atomic E-state index is 10.2. The van der Waals surface area contributed by atoms with Gasteiger partial charge in [-0.25, -0.2) is 15.0 Å². The number of methoxy groups -OCH3 is 1. The van der Waals surface area contributed by atoms with Crippen LogP contribution in [0.2, 0.25) is 0 Å². The van der Waals surface area contributed by atoms with Crippen LogP contribution in [0.25, 0.3) is 11.2 Å². The first-order valence-corrected chi connectivity index (χ1v) is 8.66. The predicted molar refractivity (Wildman–Crippen MR) is 92.5 cm³/mol. The fraction of sp³-hybridized carbons (Fsp3) is 0.688. The molecule has 0 aliphatic carbocycles. The van der Waals surface area contributed by atoms with Gasteiger partial charge in [0.2, 0.25) is 0 Å². The standard InChI is InChI=1S/C16H25N5O5/c1-3-9(4-5-25-2)20-14-11-15(18-7-17-14)21(8-19-11)16-13(24)12(23)10(6-22)26-16/h7-10,12-13,16,22-24H,3-6H2,1-2H3,(H,17,18,20)/t9?,10-,12-,13-,16-/m1/s1. The molecule has 1 aliphatic heterocycles. The van der Waals surface area contributed by atoms with E-state index in [2.05, 4.69) is 27.2 Å². The molecule has 3 heterocycles. The number of aliphatic hydroxyl groups is 3. The second-order valence-electron chi connectivity index (χ2n) is 6.31. The number of hydrogen-bond acceptors (Lipinski definition) is 9. The molecule has 144 valence electrons. The van der Waals surface area contributed by atoms with E-state index in [0.29, 0.717) is 23.6 Å². The highest BCUT2D eigenvalue weighted by atomic mass is 16.6. The molecule has 10 heteroatoms. The first-order valence-electron chi connectivity index (χ1n) is 8.66. The van der Waals surface area contributed by atoms with Gasteiger partial charge in [0.1, 0.15) is 24.6 Å². The van der Waals surface area contributed by atoms with Crippen molar-refractivity contribution < 1.29 is 24.8 Å². The lowest BCUT2D eigenvalue weighted by atomic mass is 10.1. The molecule has 1 aliphatic rings. The van der Waals surface area contributed by atoms with Crippen LogP contribution in [0.4, 0.5) is 5.82 Å². The van der Waals surface area contributed by atoms with Gasteiger partial charge in [0.25, 0.3) is 0 Å². The van der Waals surface area contributed by atoms with Gasteiger partial charge in [0.15, 0.2) is 23.2 Å². The number of rotatable bonds is 8. The molecule has 2 aromatic rings. The van der Waals surface area contributed by atoms with Crippen LogP contribution >= 0.6 is 0 Å². The third kappa shape index (κ3) is 3.51. The van der Waals surface area contributed by atoms with Crippen molar-refractivity contribution in [2.75, 3.05) is 25.6 Å². The molecule has 26 heavy (non-hydrogen) atoms. The van der Waals surface area contributed by atoms with Gasteiger partial charge in [-0.15, -0.1) is 0 Å². The van der Waals surface area contributed by atoms with Gasteiger partial charge in [0, 0.05) is 19.8 Å². The average Bonchev–Trinajstić information content (AvgIpc) is 3.21. The second-order valence-corrected chi connectivity index (χ2v) is 6.31. The van der Waals surface area contributed by atoms with Gasteiger partial charge < -0.3 is 30.1 Å².